The van der Waals surface area contributed by atoms with E-state index in [0.717, 1.165) is 0 Å². The summed E-state index contributed by atoms with van der Waals surface area (Å²) in [6.45, 7) is 3.62. The highest BCUT2D eigenvalue weighted by Gasteiger charge is 2.19. The summed E-state index contributed by atoms with van der Waals surface area (Å²) >= 11 is 0. The first kappa shape index (κ1) is 18.6. The zero-order valence-electron chi connectivity index (χ0n) is 13.8. The first-order chi connectivity index (χ1) is 12.1. The van der Waals surface area contributed by atoms with Gasteiger partial charge in [-0.15, -0.1) is 6.58 Å². The molecule has 0 bridgehead atoms. The van der Waals surface area contributed by atoms with Crippen molar-refractivity contribution in [2.24, 2.45) is 0 Å². The van der Waals surface area contributed by atoms with Crippen molar-refractivity contribution in [1.29, 1.82) is 0 Å². The Bertz CT molecular complexity index is 724. The van der Waals surface area contributed by atoms with Crippen LogP contribution in [0.2, 0.25) is 0 Å². The number of rotatable bonds is 9. The largest absolute Gasteiger partial charge is 0.459 e. The minimum absolute atomic E-state index is 0.0316. The van der Waals surface area contributed by atoms with Gasteiger partial charge in [-0.05, 0) is 6.07 Å². The van der Waals surface area contributed by atoms with Gasteiger partial charge in [-0.1, -0.05) is 54.6 Å². The minimum Gasteiger partial charge on any atom is -0.459 e. The van der Waals surface area contributed by atoms with E-state index in [1.165, 1.54) is 6.07 Å². The Morgan fingerprint density at radius 3 is 2.32 bits per heavy atom. The summed E-state index contributed by atoms with van der Waals surface area (Å²) in [4.78, 5) is 24.9. The molecule has 5 heteroatoms. The van der Waals surface area contributed by atoms with E-state index >= 15 is 0 Å². The summed E-state index contributed by atoms with van der Waals surface area (Å²) in [6, 6.07) is 15.1. The number of aliphatic hydroxyl groups excluding tert-OH is 1. The van der Waals surface area contributed by atoms with Crippen molar-refractivity contribution in [1.82, 2.24) is 0 Å². The molecule has 1 atom stereocenters. The van der Waals surface area contributed by atoms with E-state index in [9.17, 15) is 14.7 Å². The average molecular weight is 340 g/mol. The monoisotopic (exact) mass is 340 g/mol. The van der Waals surface area contributed by atoms with E-state index in [-0.39, 0.29) is 30.1 Å². The molecule has 130 valence electrons. The lowest BCUT2D eigenvalue weighted by Crippen LogP contribution is -2.24. The van der Waals surface area contributed by atoms with Crippen molar-refractivity contribution >= 4 is 11.8 Å². The van der Waals surface area contributed by atoms with Gasteiger partial charge in [-0.25, -0.2) is 4.79 Å². The molecule has 0 aromatic heterocycles. The minimum atomic E-state index is -0.944. The number of benzene rings is 2. The van der Waals surface area contributed by atoms with Crippen molar-refractivity contribution in [2.45, 2.75) is 6.10 Å². The van der Waals surface area contributed by atoms with Crippen LogP contribution < -0.4 is 0 Å². The lowest BCUT2D eigenvalue weighted by Gasteiger charge is -2.12. The van der Waals surface area contributed by atoms with Gasteiger partial charge in [-0.3, -0.25) is 4.79 Å². The zero-order valence-corrected chi connectivity index (χ0v) is 13.8. The fraction of sp³-hybridized carbons (Fsp3) is 0.200. The maximum atomic E-state index is 12.6. The van der Waals surface area contributed by atoms with Crippen LogP contribution in [0.3, 0.4) is 0 Å². The molecule has 0 aliphatic carbocycles. The van der Waals surface area contributed by atoms with Gasteiger partial charge in [0.2, 0.25) is 0 Å². The van der Waals surface area contributed by atoms with Gasteiger partial charge in [0, 0.05) is 11.1 Å². The summed E-state index contributed by atoms with van der Waals surface area (Å²) in [5, 5.41) is 9.72. The van der Waals surface area contributed by atoms with Crippen LogP contribution in [0.1, 0.15) is 26.3 Å². The third kappa shape index (κ3) is 5.38. The van der Waals surface area contributed by atoms with Gasteiger partial charge in [0.25, 0.3) is 0 Å². The Kier molecular flexibility index (Phi) is 7.07. The van der Waals surface area contributed by atoms with E-state index in [1.807, 2.05) is 6.07 Å². The van der Waals surface area contributed by atoms with E-state index < -0.39 is 12.1 Å². The molecule has 5 nitrogen and oxygen atoms in total. The standard InChI is InChI=1S/C20H20O5/c1-2-12-24-13-16(21)14-25-20(23)18-11-7-6-10-17(18)19(22)15-8-4-3-5-9-15/h2-11,16,21H,1,12-14H2. The van der Waals surface area contributed by atoms with Crippen LogP contribution in [0.15, 0.2) is 67.3 Å². The molecule has 0 radical (unpaired) electrons. The summed E-state index contributed by atoms with van der Waals surface area (Å²) in [5.74, 6) is -0.925. The number of hydrogen-bond donors (Lipinski definition) is 1. The number of ketones is 1. The van der Waals surface area contributed by atoms with Crippen LogP contribution >= 0.6 is 0 Å². The molecule has 2 rings (SSSR count). The topological polar surface area (TPSA) is 72.8 Å². The second kappa shape index (κ2) is 9.52. The SMILES string of the molecule is C=CCOCC(O)COC(=O)c1ccccc1C(=O)c1ccccc1. The molecule has 0 aliphatic rings. The maximum absolute atomic E-state index is 12.6. The molecular weight excluding hydrogens is 320 g/mol. The Morgan fingerprint density at radius 1 is 1.00 bits per heavy atom. The number of hydrogen-bond acceptors (Lipinski definition) is 5. The molecule has 0 aliphatic heterocycles. The average Bonchev–Trinajstić information content (AvgIpc) is 2.66. The Morgan fingerprint density at radius 2 is 1.64 bits per heavy atom. The fourth-order valence-corrected chi connectivity index (χ4v) is 2.19. The van der Waals surface area contributed by atoms with Crippen LogP contribution in [0.5, 0.6) is 0 Å². The van der Waals surface area contributed by atoms with Gasteiger partial charge in [0.15, 0.2) is 5.78 Å². The summed E-state index contributed by atoms with van der Waals surface area (Å²) in [7, 11) is 0. The molecule has 0 saturated heterocycles. The normalized spacial score (nSPS) is 11.6. The molecule has 1 unspecified atom stereocenters. The predicted octanol–water partition coefficient (Wildman–Crippen LogP) is 2.64. The number of carbonyl (C=O) groups is 2. The van der Waals surface area contributed by atoms with E-state index in [0.29, 0.717) is 12.2 Å². The first-order valence-corrected chi connectivity index (χ1v) is 7.86. The molecule has 0 fully saturated rings. The molecule has 25 heavy (non-hydrogen) atoms. The van der Waals surface area contributed by atoms with Crippen molar-refractivity contribution in [2.75, 3.05) is 19.8 Å². The van der Waals surface area contributed by atoms with Gasteiger partial charge >= 0.3 is 5.97 Å². The van der Waals surface area contributed by atoms with E-state index in [1.54, 1.807) is 48.5 Å². The van der Waals surface area contributed by atoms with Crippen molar-refractivity contribution < 1.29 is 24.2 Å². The molecule has 2 aromatic carbocycles. The Labute approximate surface area is 146 Å². The lowest BCUT2D eigenvalue weighted by molar-refractivity contribution is -0.00565. The number of esters is 1. The van der Waals surface area contributed by atoms with Crippen molar-refractivity contribution in [3.05, 3.63) is 83.9 Å². The van der Waals surface area contributed by atoms with Crippen molar-refractivity contribution in [3.8, 4) is 0 Å². The van der Waals surface area contributed by atoms with E-state index in [4.69, 9.17) is 9.47 Å². The first-order valence-electron chi connectivity index (χ1n) is 7.86. The quantitative estimate of drug-likeness (QED) is 0.329. The highest BCUT2D eigenvalue weighted by atomic mass is 16.5. The van der Waals surface area contributed by atoms with Gasteiger partial charge in [0.05, 0.1) is 18.8 Å². The van der Waals surface area contributed by atoms with Crippen molar-refractivity contribution in [3.63, 3.8) is 0 Å². The summed E-state index contributed by atoms with van der Waals surface area (Å²) < 4.78 is 10.2. The van der Waals surface area contributed by atoms with Gasteiger partial charge in [-0.2, -0.15) is 0 Å². The van der Waals surface area contributed by atoms with Gasteiger partial charge in [0.1, 0.15) is 12.7 Å². The number of aliphatic hydroxyl groups is 1. The highest BCUT2D eigenvalue weighted by Crippen LogP contribution is 2.16. The van der Waals surface area contributed by atoms with Gasteiger partial charge < -0.3 is 14.6 Å². The molecule has 0 amide bonds. The van der Waals surface area contributed by atoms with Crippen LogP contribution in [0, 0.1) is 0 Å². The highest BCUT2D eigenvalue weighted by molar-refractivity contribution is 6.14. The fourth-order valence-electron chi connectivity index (χ4n) is 2.19. The summed E-state index contributed by atoms with van der Waals surface area (Å²) in [6.07, 6.45) is 0.616. The zero-order chi connectivity index (χ0) is 18.1. The molecule has 2 aromatic rings. The van der Waals surface area contributed by atoms with Crippen LogP contribution in [-0.2, 0) is 9.47 Å². The molecule has 0 spiro atoms. The Hall–Kier alpha value is -2.76. The molecule has 1 N–H and O–H groups in total. The third-order valence-corrected chi connectivity index (χ3v) is 3.38. The number of carbonyl (C=O) groups excluding carboxylic acids is 2. The second-order valence-electron chi connectivity index (χ2n) is 5.32. The van der Waals surface area contributed by atoms with Crippen LogP contribution in [0.25, 0.3) is 0 Å². The number of ether oxygens (including phenoxy) is 2. The summed E-state index contributed by atoms with van der Waals surface area (Å²) in [5.41, 5.74) is 0.910. The van der Waals surface area contributed by atoms with Crippen LogP contribution in [-0.4, -0.2) is 42.8 Å². The molecular formula is C20H20O5. The third-order valence-electron chi connectivity index (χ3n) is 3.38. The lowest BCUT2D eigenvalue weighted by atomic mass is 9.98. The molecule has 0 saturated carbocycles. The molecule has 0 heterocycles. The predicted molar refractivity (Wildman–Crippen MR) is 93.6 cm³/mol. The smallest absolute Gasteiger partial charge is 0.338 e. The van der Waals surface area contributed by atoms with E-state index in [2.05, 4.69) is 6.58 Å². The second-order valence-corrected chi connectivity index (χ2v) is 5.32. The van der Waals surface area contributed by atoms with Crippen LogP contribution in [0.4, 0.5) is 0 Å². The Balaban J connectivity index is 2.05. The maximum Gasteiger partial charge on any atom is 0.338 e.